The third-order valence-corrected chi connectivity index (χ3v) is 1.54. The highest BCUT2D eigenvalue weighted by atomic mass is 16.7. The molecule has 1 aromatic carbocycles. The third kappa shape index (κ3) is 4.08. The number of hydrogen-bond acceptors (Lipinski definition) is 3. The molecule has 0 aliphatic rings. The average Bonchev–Trinajstić information content (AvgIpc) is 2.17. The van der Waals surface area contributed by atoms with Crippen LogP contribution >= 0.6 is 0 Å². The molecule has 1 rings (SSSR count). The quantitative estimate of drug-likeness (QED) is 0.692. The lowest BCUT2D eigenvalue weighted by molar-refractivity contribution is 0.132. The lowest BCUT2D eigenvalue weighted by Gasteiger charge is -2.06. The van der Waals surface area contributed by atoms with Gasteiger partial charge in [0.2, 0.25) is 0 Å². The van der Waals surface area contributed by atoms with Gasteiger partial charge in [-0.1, -0.05) is 30.3 Å². The molecule has 0 radical (unpaired) electrons. The molecule has 0 amide bonds. The molecule has 0 heterocycles. The van der Waals surface area contributed by atoms with Crippen molar-refractivity contribution in [1.82, 2.24) is 0 Å². The van der Waals surface area contributed by atoms with Gasteiger partial charge >= 0.3 is 7.32 Å². The molecule has 70 valence electrons. The Labute approximate surface area is 78.5 Å². The van der Waals surface area contributed by atoms with E-state index in [0.29, 0.717) is 13.2 Å². The molecule has 0 atom stereocenters. The van der Waals surface area contributed by atoms with E-state index < -0.39 is 7.32 Å². The summed E-state index contributed by atoms with van der Waals surface area (Å²) in [5.41, 5.74) is 1.02. The molecule has 0 saturated heterocycles. The Balaban J connectivity index is 2.27. The molecule has 3 nitrogen and oxygen atoms in total. The molecule has 1 aromatic rings. The second-order valence-corrected chi connectivity index (χ2v) is 2.56. The number of hydrogen-bond donors (Lipinski definition) is 1. The molecular formula is C9H13BO3. The molecule has 0 fully saturated rings. The molecule has 0 saturated carbocycles. The molecule has 0 aliphatic heterocycles. The van der Waals surface area contributed by atoms with Gasteiger partial charge in [0.15, 0.2) is 0 Å². The lowest BCUT2D eigenvalue weighted by Crippen LogP contribution is -2.22. The van der Waals surface area contributed by atoms with Crippen molar-refractivity contribution >= 4 is 7.32 Å². The summed E-state index contributed by atoms with van der Waals surface area (Å²) < 4.78 is 9.80. The van der Waals surface area contributed by atoms with Crippen LogP contribution in [0.4, 0.5) is 0 Å². The average molecular weight is 180 g/mol. The van der Waals surface area contributed by atoms with E-state index in [4.69, 9.17) is 14.3 Å². The van der Waals surface area contributed by atoms with Gasteiger partial charge in [-0.15, -0.1) is 0 Å². The number of rotatable bonds is 5. The van der Waals surface area contributed by atoms with E-state index in [1.165, 1.54) is 0 Å². The second kappa shape index (κ2) is 5.75. The van der Waals surface area contributed by atoms with Crippen LogP contribution in [0.15, 0.2) is 30.3 Å². The van der Waals surface area contributed by atoms with Gasteiger partial charge in [0, 0.05) is 6.61 Å². The second-order valence-electron chi connectivity index (χ2n) is 2.56. The van der Waals surface area contributed by atoms with E-state index in [2.05, 4.69) is 0 Å². The summed E-state index contributed by atoms with van der Waals surface area (Å²) in [4.78, 5) is 0. The highest BCUT2D eigenvalue weighted by Crippen LogP contribution is 2.01. The zero-order valence-corrected chi connectivity index (χ0v) is 7.64. The van der Waals surface area contributed by atoms with Gasteiger partial charge < -0.3 is 14.3 Å². The smallest absolute Gasteiger partial charge is 0.402 e. The molecule has 4 heteroatoms. The topological polar surface area (TPSA) is 38.7 Å². The minimum atomic E-state index is -1.12. The first-order valence-corrected chi connectivity index (χ1v) is 4.28. The van der Waals surface area contributed by atoms with Crippen LogP contribution < -0.4 is 0 Å². The van der Waals surface area contributed by atoms with Crippen LogP contribution in [0.25, 0.3) is 0 Å². The normalized spacial score (nSPS) is 10.0. The summed E-state index contributed by atoms with van der Waals surface area (Å²) in [7, 11) is -1.12. The van der Waals surface area contributed by atoms with E-state index in [1.54, 1.807) is 6.92 Å². The van der Waals surface area contributed by atoms with Crippen molar-refractivity contribution < 1.29 is 14.3 Å². The van der Waals surface area contributed by atoms with E-state index in [0.717, 1.165) is 5.56 Å². The maximum Gasteiger partial charge on any atom is 0.636 e. The van der Waals surface area contributed by atoms with Crippen LogP contribution in [-0.2, 0) is 15.9 Å². The first-order valence-electron chi connectivity index (χ1n) is 4.28. The van der Waals surface area contributed by atoms with Crippen LogP contribution in [0.5, 0.6) is 0 Å². The van der Waals surface area contributed by atoms with Crippen molar-refractivity contribution in [2.24, 2.45) is 0 Å². The fourth-order valence-corrected chi connectivity index (χ4v) is 0.932. The highest BCUT2D eigenvalue weighted by molar-refractivity contribution is 6.34. The van der Waals surface area contributed by atoms with Gasteiger partial charge in [0.25, 0.3) is 0 Å². The summed E-state index contributed by atoms with van der Waals surface area (Å²) in [6.45, 7) is 2.60. The minimum absolute atomic E-state index is 0.363. The van der Waals surface area contributed by atoms with Crippen LogP contribution in [0.1, 0.15) is 12.5 Å². The standard InChI is InChI=1S/C9H13BO3/c1-2-12-10(11)13-8-9-6-4-3-5-7-9/h3-7,11H,2,8H2,1H3. The Hall–Kier alpha value is -0.835. The first kappa shape index (κ1) is 10.2. The summed E-state index contributed by atoms with van der Waals surface area (Å²) in [5.74, 6) is 0. The van der Waals surface area contributed by atoms with Gasteiger partial charge in [-0.3, -0.25) is 0 Å². The molecule has 0 bridgehead atoms. The Kier molecular flexibility index (Phi) is 4.53. The summed E-state index contributed by atoms with van der Waals surface area (Å²) in [6.07, 6.45) is 0. The molecule has 0 spiro atoms. The largest absolute Gasteiger partial charge is 0.636 e. The van der Waals surface area contributed by atoms with Crippen molar-refractivity contribution in [2.45, 2.75) is 13.5 Å². The lowest BCUT2D eigenvalue weighted by atomic mass is 10.2. The van der Waals surface area contributed by atoms with E-state index >= 15 is 0 Å². The maximum atomic E-state index is 9.07. The molecule has 0 unspecified atom stereocenters. The van der Waals surface area contributed by atoms with Gasteiger partial charge in [-0.25, -0.2) is 0 Å². The fourth-order valence-electron chi connectivity index (χ4n) is 0.932. The SMILES string of the molecule is CCOB(O)OCc1ccccc1. The Bertz CT molecular complexity index is 228. The van der Waals surface area contributed by atoms with Gasteiger partial charge in [0.05, 0.1) is 6.61 Å². The summed E-state index contributed by atoms with van der Waals surface area (Å²) >= 11 is 0. The third-order valence-electron chi connectivity index (χ3n) is 1.54. The molecule has 1 N–H and O–H groups in total. The van der Waals surface area contributed by atoms with Crippen LogP contribution in [0.3, 0.4) is 0 Å². The Morgan fingerprint density at radius 2 is 1.92 bits per heavy atom. The van der Waals surface area contributed by atoms with Crippen molar-refractivity contribution in [2.75, 3.05) is 6.61 Å². The van der Waals surface area contributed by atoms with E-state index in [-0.39, 0.29) is 0 Å². The van der Waals surface area contributed by atoms with Crippen molar-refractivity contribution in [1.29, 1.82) is 0 Å². The van der Waals surface area contributed by atoms with E-state index in [1.807, 2.05) is 30.3 Å². The Morgan fingerprint density at radius 3 is 2.54 bits per heavy atom. The number of benzene rings is 1. The molecular weight excluding hydrogens is 167 g/mol. The first-order chi connectivity index (χ1) is 6.33. The van der Waals surface area contributed by atoms with Gasteiger partial charge in [-0.05, 0) is 12.5 Å². The zero-order chi connectivity index (χ0) is 9.52. The van der Waals surface area contributed by atoms with Crippen molar-refractivity contribution in [3.63, 3.8) is 0 Å². The summed E-state index contributed by atoms with van der Waals surface area (Å²) in [5, 5.41) is 9.07. The zero-order valence-electron chi connectivity index (χ0n) is 7.64. The van der Waals surface area contributed by atoms with Crippen LogP contribution in [-0.4, -0.2) is 19.0 Å². The van der Waals surface area contributed by atoms with Gasteiger partial charge in [-0.2, -0.15) is 0 Å². The van der Waals surface area contributed by atoms with Crippen LogP contribution in [0, 0.1) is 0 Å². The minimum Gasteiger partial charge on any atom is -0.402 e. The van der Waals surface area contributed by atoms with Crippen molar-refractivity contribution in [3.8, 4) is 0 Å². The molecule has 0 aliphatic carbocycles. The van der Waals surface area contributed by atoms with Crippen LogP contribution in [0.2, 0.25) is 0 Å². The monoisotopic (exact) mass is 180 g/mol. The van der Waals surface area contributed by atoms with E-state index in [9.17, 15) is 0 Å². The van der Waals surface area contributed by atoms with Gasteiger partial charge in [0.1, 0.15) is 0 Å². The highest BCUT2D eigenvalue weighted by Gasteiger charge is 2.13. The Morgan fingerprint density at radius 1 is 1.23 bits per heavy atom. The maximum absolute atomic E-state index is 9.07. The molecule has 13 heavy (non-hydrogen) atoms. The van der Waals surface area contributed by atoms with Crippen molar-refractivity contribution in [3.05, 3.63) is 35.9 Å². The molecule has 0 aromatic heterocycles. The predicted molar refractivity (Wildman–Crippen MR) is 50.8 cm³/mol. The fraction of sp³-hybridized carbons (Fsp3) is 0.333. The summed E-state index contributed by atoms with van der Waals surface area (Å²) in [6, 6.07) is 9.64. The predicted octanol–water partition coefficient (Wildman–Crippen LogP) is 1.22.